The van der Waals surface area contributed by atoms with Crippen molar-refractivity contribution in [1.29, 1.82) is 0 Å². The van der Waals surface area contributed by atoms with Gasteiger partial charge in [-0.3, -0.25) is 0 Å². The second-order valence-corrected chi connectivity index (χ2v) is 9.79. The van der Waals surface area contributed by atoms with Gasteiger partial charge in [0, 0.05) is 26.2 Å². The first kappa shape index (κ1) is 22.2. The smallest absolute Gasteiger partial charge is 0.260 e. The number of nitrogens with zero attached hydrogens (tertiary/aromatic N) is 2. The van der Waals surface area contributed by atoms with Crippen molar-refractivity contribution in [3.63, 3.8) is 0 Å². The number of imidazole rings is 1. The van der Waals surface area contributed by atoms with Gasteiger partial charge in [-0.1, -0.05) is 35.3 Å². The van der Waals surface area contributed by atoms with E-state index >= 15 is 0 Å². The molecular formula is C20H18Cl2F2N4O2S. The Bertz CT molecular complexity index is 1160. The summed E-state index contributed by atoms with van der Waals surface area (Å²) in [6, 6.07) is 8.28. The van der Waals surface area contributed by atoms with Crippen LogP contribution in [-0.2, 0) is 10.0 Å². The first-order chi connectivity index (χ1) is 14.8. The minimum atomic E-state index is -3.77. The molecule has 0 saturated carbocycles. The number of hydrogen-bond donors (Lipinski definition) is 2. The molecule has 1 aliphatic heterocycles. The predicted octanol–water partition coefficient (Wildman–Crippen LogP) is 3.77. The maximum absolute atomic E-state index is 13.7. The third kappa shape index (κ3) is 4.47. The summed E-state index contributed by atoms with van der Waals surface area (Å²) in [6.45, 7) is 1.82. The van der Waals surface area contributed by atoms with Crippen LogP contribution in [0, 0.1) is 11.6 Å². The van der Waals surface area contributed by atoms with Crippen molar-refractivity contribution in [2.75, 3.05) is 26.2 Å². The van der Waals surface area contributed by atoms with Gasteiger partial charge in [-0.15, -0.1) is 0 Å². The van der Waals surface area contributed by atoms with E-state index in [1.165, 1.54) is 46.9 Å². The highest BCUT2D eigenvalue weighted by atomic mass is 35.5. The third-order valence-electron chi connectivity index (χ3n) is 5.09. The summed E-state index contributed by atoms with van der Waals surface area (Å²) in [7, 11) is -3.77. The van der Waals surface area contributed by atoms with Crippen LogP contribution in [0.2, 0.25) is 10.0 Å². The highest BCUT2D eigenvalue weighted by molar-refractivity contribution is 7.89. The van der Waals surface area contributed by atoms with Crippen LogP contribution in [0.5, 0.6) is 0 Å². The summed E-state index contributed by atoms with van der Waals surface area (Å²) >= 11 is 11.9. The molecule has 0 radical (unpaired) electrons. The molecule has 1 aromatic heterocycles. The Morgan fingerprint density at radius 2 is 1.52 bits per heavy atom. The minimum Gasteiger partial charge on any atom is -0.331 e. The molecule has 1 fully saturated rings. The van der Waals surface area contributed by atoms with Gasteiger partial charge < -0.3 is 10.3 Å². The Kier molecular flexibility index (Phi) is 6.32. The van der Waals surface area contributed by atoms with Gasteiger partial charge in [0.1, 0.15) is 17.5 Å². The molecular weight excluding hydrogens is 469 g/mol. The molecule has 2 N–H and O–H groups in total. The van der Waals surface area contributed by atoms with E-state index < -0.39 is 27.6 Å². The van der Waals surface area contributed by atoms with E-state index in [0.29, 0.717) is 37.3 Å². The molecule has 0 aliphatic carbocycles. The Hall–Kier alpha value is -2.04. The van der Waals surface area contributed by atoms with Gasteiger partial charge in [0.25, 0.3) is 10.0 Å². The van der Waals surface area contributed by atoms with Crippen LogP contribution in [-0.4, -0.2) is 48.9 Å². The fourth-order valence-corrected chi connectivity index (χ4v) is 5.25. The molecule has 1 saturated heterocycles. The van der Waals surface area contributed by atoms with E-state index in [2.05, 4.69) is 15.3 Å². The molecule has 2 heterocycles. The molecule has 164 valence electrons. The third-order valence-corrected chi connectivity index (χ3v) is 7.48. The maximum Gasteiger partial charge on any atom is 0.260 e. The first-order valence-electron chi connectivity index (χ1n) is 9.43. The van der Waals surface area contributed by atoms with E-state index in [4.69, 9.17) is 23.2 Å². The molecule has 4 rings (SSSR count). The quantitative estimate of drug-likeness (QED) is 0.575. The lowest BCUT2D eigenvalue weighted by molar-refractivity contribution is 0.359. The summed E-state index contributed by atoms with van der Waals surface area (Å²) in [5.74, 6) is -1.59. The van der Waals surface area contributed by atoms with Crippen molar-refractivity contribution >= 4 is 33.2 Å². The van der Waals surface area contributed by atoms with Crippen LogP contribution in [0.3, 0.4) is 0 Å². The van der Waals surface area contributed by atoms with E-state index in [9.17, 15) is 17.2 Å². The summed E-state index contributed by atoms with van der Waals surface area (Å²) < 4.78 is 54.8. The molecule has 0 spiro atoms. The minimum absolute atomic E-state index is 0.0594. The number of sulfonamides is 1. The number of rotatable bonds is 5. The zero-order valence-electron chi connectivity index (χ0n) is 16.1. The van der Waals surface area contributed by atoms with Gasteiger partial charge in [0.2, 0.25) is 0 Å². The summed E-state index contributed by atoms with van der Waals surface area (Å²) in [6.07, 6.45) is 1.25. The molecule has 11 heteroatoms. The number of H-pyrrole nitrogens is 1. The fraction of sp³-hybridized carbons (Fsp3) is 0.250. The van der Waals surface area contributed by atoms with Gasteiger partial charge in [-0.2, -0.15) is 4.31 Å². The van der Waals surface area contributed by atoms with Gasteiger partial charge >= 0.3 is 0 Å². The zero-order chi connectivity index (χ0) is 22.2. The SMILES string of the molecule is O=S(=O)(c1cnc(C(c2ccc(F)c(Cl)c2)c2ccc(F)c(Cl)c2)[nH]1)N1CCNCC1. The number of benzene rings is 2. The van der Waals surface area contributed by atoms with Crippen LogP contribution in [0.4, 0.5) is 8.78 Å². The molecule has 0 atom stereocenters. The monoisotopic (exact) mass is 486 g/mol. The van der Waals surface area contributed by atoms with Crippen molar-refractivity contribution in [1.82, 2.24) is 19.6 Å². The normalized spacial score (nSPS) is 15.5. The van der Waals surface area contributed by atoms with E-state index in [0.717, 1.165) is 0 Å². The van der Waals surface area contributed by atoms with E-state index in [1.807, 2.05) is 0 Å². The average molecular weight is 487 g/mol. The van der Waals surface area contributed by atoms with Crippen molar-refractivity contribution in [3.05, 3.63) is 81.2 Å². The van der Waals surface area contributed by atoms with Gasteiger partial charge in [-0.05, 0) is 35.4 Å². The van der Waals surface area contributed by atoms with Crippen LogP contribution >= 0.6 is 23.2 Å². The molecule has 1 aliphatic rings. The van der Waals surface area contributed by atoms with Crippen LogP contribution < -0.4 is 5.32 Å². The highest BCUT2D eigenvalue weighted by Gasteiger charge is 2.30. The lowest BCUT2D eigenvalue weighted by Crippen LogP contribution is -2.46. The number of halogens is 4. The second kappa shape index (κ2) is 8.84. The Labute approximate surface area is 188 Å². The number of piperazine rings is 1. The van der Waals surface area contributed by atoms with Crippen LogP contribution in [0.15, 0.2) is 47.6 Å². The summed E-state index contributed by atoms with van der Waals surface area (Å²) in [4.78, 5) is 7.17. The second-order valence-electron chi connectivity index (χ2n) is 7.07. The average Bonchev–Trinajstić information content (AvgIpc) is 3.24. The lowest BCUT2D eigenvalue weighted by atomic mass is 9.90. The van der Waals surface area contributed by atoms with Crippen LogP contribution in [0.25, 0.3) is 0 Å². The Morgan fingerprint density at radius 1 is 0.968 bits per heavy atom. The van der Waals surface area contributed by atoms with Crippen LogP contribution in [0.1, 0.15) is 22.9 Å². The highest BCUT2D eigenvalue weighted by Crippen LogP contribution is 2.34. The molecule has 0 amide bonds. The topological polar surface area (TPSA) is 78.1 Å². The van der Waals surface area contributed by atoms with E-state index in [-0.39, 0.29) is 20.9 Å². The molecule has 31 heavy (non-hydrogen) atoms. The van der Waals surface area contributed by atoms with E-state index in [1.54, 1.807) is 0 Å². The molecule has 6 nitrogen and oxygen atoms in total. The Morgan fingerprint density at radius 3 is 2.03 bits per heavy atom. The fourth-order valence-electron chi connectivity index (χ4n) is 3.51. The predicted molar refractivity (Wildman–Crippen MR) is 114 cm³/mol. The number of aromatic nitrogens is 2. The van der Waals surface area contributed by atoms with Gasteiger partial charge in [0.15, 0.2) is 5.03 Å². The van der Waals surface area contributed by atoms with Crippen molar-refractivity contribution in [3.8, 4) is 0 Å². The van der Waals surface area contributed by atoms with Gasteiger partial charge in [-0.25, -0.2) is 22.2 Å². The van der Waals surface area contributed by atoms with Crippen molar-refractivity contribution < 1.29 is 17.2 Å². The maximum atomic E-state index is 13.7. The number of nitrogens with one attached hydrogen (secondary N) is 2. The molecule has 0 unspecified atom stereocenters. The van der Waals surface area contributed by atoms with Crippen molar-refractivity contribution in [2.45, 2.75) is 10.9 Å². The Balaban J connectivity index is 1.79. The largest absolute Gasteiger partial charge is 0.331 e. The van der Waals surface area contributed by atoms with Crippen molar-refractivity contribution in [2.24, 2.45) is 0 Å². The lowest BCUT2D eigenvalue weighted by Gasteiger charge is -2.25. The number of aromatic amines is 1. The van der Waals surface area contributed by atoms with Gasteiger partial charge in [0.05, 0.1) is 22.2 Å². The summed E-state index contributed by atoms with van der Waals surface area (Å²) in [5, 5.41) is 2.84. The molecule has 0 bridgehead atoms. The standard InChI is InChI=1S/C20H18Cl2F2N4O2S/c21-14-9-12(1-3-16(14)23)19(13-2-4-17(24)15(22)10-13)20-26-11-18(27-20)31(29,30)28-7-5-25-6-8-28/h1-4,9-11,19,25H,5-8H2,(H,26,27). The zero-order valence-corrected chi connectivity index (χ0v) is 18.4. The molecule has 2 aromatic carbocycles. The number of hydrogen-bond acceptors (Lipinski definition) is 4. The molecule has 3 aromatic rings. The summed E-state index contributed by atoms with van der Waals surface area (Å²) in [5.41, 5.74) is 1.07. The first-order valence-corrected chi connectivity index (χ1v) is 11.6.